The van der Waals surface area contributed by atoms with E-state index in [0.717, 1.165) is 23.6 Å². The van der Waals surface area contributed by atoms with Gasteiger partial charge in [-0.25, -0.2) is 4.68 Å². The highest BCUT2D eigenvalue weighted by molar-refractivity contribution is 6.07. The number of carbonyl (C=O) groups is 1. The number of anilines is 2. The lowest BCUT2D eigenvalue weighted by atomic mass is 10.0. The summed E-state index contributed by atoms with van der Waals surface area (Å²) < 4.78 is 1.73. The van der Waals surface area contributed by atoms with Crippen molar-refractivity contribution in [2.75, 3.05) is 22.9 Å². The van der Waals surface area contributed by atoms with E-state index in [1.54, 1.807) is 23.1 Å². The second-order valence-electron chi connectivity index (χ2n) is 7.62. The first kappa shape index (κ1) is 17.3. The van der Waals surface area contributed by atoms with E-state index in [0.29, 0.717) is 12.2 Å². The van der Waals surface area contributed by atoms with E-state index < -0.39 is 0 Å². The van der Waals surface area contributed by atoms with E-state index in [2.05, 4.69) is 41.8 Å². The molecule has 2 aromatic heterocycles. The molecule has 0 N–H and O–H groups in total. The van der Waals surface area contributed by atoms with Crippen LogP contribution in [0, 0.1) is 0 Å². The summed E-state index contributed by atoms with van der Waals surface area (Å²) in [5.74, 6) is -0.0926. The fourth-order valence-corrected chi connectivity index (χ4v) is 3.51. The molecule has 4 rings (SSSR count). The van der Waals surface area contributed by atoms with Gasteiger partial charge in [0.05, 0.1) is 17.1 Å². The first-order valence-corrected chi connectivity index (χ1v) is 9.10. The molecule has 6 heteroatoms. The summed E-state index contributed by atoms with van der Waals surface area (Å²) in [5.41, 5.74) is 3.23. The number of amides is 1. The molecular weight excluding hydrogens is 338 g/mol. The van der Waals surface area contributed by atoms with E-state index in [1.165, 1.54) is 0 Å². The Morgan fingerprint density at radius 1 is 1.00 bits per heavy atom. The maximum absolute atomic E-state index is 13.3. The van der Waals surface area contributed by atoms with Crippen LogP contribution < -0.4 is 9.80 Å². The molecule has 1 aromatic carbocycles. The Balaban J connectivity index is 1.70. The van der Waals surface area contributed by atoms with Gasteiger partial charge < -0.3 is 9.80 Å². The van der Waals surface area contributed by atoms with Crippen molar-refractivity contribution < 1.29 is 4.79 Å². The van der Waals surface area contributed by atoms with Gasteiger partial charge in [-0.1, -0.05) is 12.1 Å². The zero-order chi connectivity index (χ0) is 19.0. The van der Waals surface area contributed by atoms with Crippen molar-refractivity contribution in [3.8, 4) is 5.69 Å². The summed E-state index contributed by atoms with van der Waals surface area (Å²) in [5, 5.41) is 4.23. The molecule has 0 spiro atoms. The quantitative estimate of drug-likeness (QED) is 0.701. The van der Waals surface area contributed by atoms with E-state index in [-0.39, 0.29) is 11.4 Å². The molecule has 0 saturated heterocycles. The molecular formula is C21H23N5O. The Morgan fingerprint density at radius 2 is 1.78 bits per heavy atom. The van der Waals surface area contributed by atoms with E-state index >= 15 is 0 Å². The molecule has 0 unspecified atom stereocenters. The van der Waals surface area contributed by atoms with Crippen LogP contribution in [0.4, 0.5) is 11.4 Å². The van der Waals surface area contributed by atoms with Crippen LogP contribution in [-0.4, -0.2) is 39.3 Å². The molecule has 3 aromatic rings. The molecule has 1 aliphatic heterocycles. The highest BCUT2D eigenvalue weighted by atomic mass is 16.2. The van der Waals surface area contributed by atoms with E-state index in [4.69, 9.17) is 0 Å². The van der Waals surface area contributed by atoms with Gasteiger partial charge in [-0.05, 0) is 51.1 Å². The topological polar surface area (TPSA) is 54.3 Å². The van der Waals surface area contributed by atoms with Crippen LogP contribution >= 0.6 is 0 Å². The molecule has 0 bridgehead atoms. The van der Waals surface area contributed by atoms with Crippen LogP contribution in [0.1, 0.15) is 31.3 Å². The molecule has 3 heterocycles. The molecule has 0 aliphatic carbocycles. The molecule has 138 valence electrons. The van der Waals surface area contributed by atoms with Gasteiger partial charge in [-0.15, -0.1) is 0 Å². The lowest BCUT2D eigenvalue weighted by Gasteiger charge is -2.44. The summed E-state index contributed by atoms with van der Waals surface area (Å²) in [6.07, 6.45) is 5.21. The lowest BCUT2D eigenvalue weighted by molar-refractivity contribution is 0.0981. The van der Waals surface area contributed by atoms with Crippen molar-refractivity contribution in [2.24, 2.45) is 0 Å². The standard InChI is InChI=1S/C21H23N5O/c1-21(2,3)25-14-13-24(18-7-4-5-8-19(18)25)20(27)17-15-16(9-11-22-17)26-12-6-10-23-26/h4-12,15H,13-14H2,1-3H3. The number of nitrogens with zero attached hydrogens (tertiary/aromatic N) is 5. The molecule has 0 atom stereocenters. The molecule has 1 aliphatic rings. The van der Waals surface area contributed by atoms with Crippen LogP contribution in [0.5, 0.6) is 0 Å². The Morgan fingerprint density at radius 3 is 2.48 bits per heavy atom. The van der Waals surface area contributed by atoms with Gasteiger partial charge >= 0.3 is 0 Å². The number of fused-ring (bicyclic) bond motifs is 1. The van der Waals surface area contributed by atoms with Crippen LogP contribution in [0.25, 0.3) is 5.69 Å². The summed E-state index contributed by atoms with van der Waals surface area (Å²) >= 11 is 0. The van der Waals surface area contributed by atoms with Gasteiger partial charge in [-0.3, -0.25) is 9.78 Å². The van der Waals surface area contributed by atoms with Gasteiger partial charge in [-0.2, -0.15) is 5.10 Å². The Bertz CT molecular complexity index is 959. The third-order valence-corrected chi connectivity index (χ3v) is 4.80. The molecule has 0 radical (unpaired) electrons. The zero-order valence-electron chi connectivity index (χ0n) is 15.8. The van der Waals surface area contributed by atoms with Crippen LogP contribution in [-0.2, 0) is 0 Å². The van der Waals surface area contributed by atoms with Crippen molar-refractivity contribution in [2.45, 2.75) is 26.3 Å². The highest BCUT2D eigenvalue weighted by Gasteiger charge is 2.32. The predicted molar refractivity (Wildman–Crippen MR) is 107 cm³/mol. The number of rotatable bonds is 2. The lowest BCUT2D eigenvalue weighted by Crippen LogP contribution is -2.51. The minimum Gasteiger partial charge on any atom is -0.363 e. The summed E-state index contributed by atoms with van der Waals surface area (Å²) in [7, 11) is 0. The maximum atomic E-state index is 13.3. The number of hydrogen-bond donors (Lipinski definition) is 0. The van der Waals surface area contributed by atoms with E-state index in [9.17, 15) is 4.79 Å². The zero-order valence-corrected chi connectivity index (χ0v) is 15.8. The Labute approximate surface area is 159 Å². The van der Waals surface area contributed by atoms with Gasteiger partial charge in [0.25, 0.3) is 5.91 Å². The third kappa shape index (κ3) is 3.18. The Hall–Kier alpha value is -3.15. The van der Waals surface area contributed by atoms with Crippen LogP contribution in [0.15, 0.2) is 61.1 Å². The normalized spacial score (nSPS) is 14.2. The van der Waals surface area contributed by atoms with Crippen molar-refractivity contribution in [3.05, 3.63) is 66.7 Å². The molecule has 27 heavy (non-hydrogen) atoms. The first-order valence-electron chi connectivity index (χ1n) is 9.10. The molecule has 0 saturated carbocycles. The largest absolute Gasteiger partial charge is 0.363 e. The number of benzene rings is 1. The fraction of sp³-hybridized carbons (Fsp3) is 0.286. The van der Waals surface area contributed by atoms with Crippen LogP contribution in [0.3, 0.4) is 0 Å². The minimum atomic E-state index is -0.0926. The monoisotopic (exact) mass is 361 g/mol. The Kier molecular flexibility index (Phi) is 4.18. The molecule has 1 amide bonds. The molecule has 0 fully saturated rings. The average molecular weight is 361 g/mol. The highest BCUT2D eigenvalue weighted by Crippen LogP contribution is 2.37. The number of aromatic nitrogens is 3. The summed E-state index contributed by atoms with van der Waals surface area (Å²) in [6.45, 7) is 7.98. The fourth-order valence-electron chi connectivity index (χ4n) is 3.51. The SMILES string of the molecule is CC(C)(C)N1CCN(C(=O)c2cc(-n3cccn3)ccn2)c2ccccc21. The van der Waals surface area contributed by atoms with Gasteiger partial charge in [0.1, 0.15) is 5.69 Å². The summed E-state index contributed by atoms with van der Waals surface area (Å²) in [6, 6.07) is 13.5. The first-order chi connectivity index (χ1) is 12.9. The van der Waals surface area contributed by atoms with Crippen molar-refractivity contribution in [1.29, 1.82) is 0 Å². The van der Waals surface area contributed by atoms with Crippen molar-refractivity contribution in [1.82, 2.24) is 14.8 Å². The number of pyridine rings is 1. The van der Waals surface area contributed by atoms with Gasteiger partial charge in [0.15, 0.2) is 0 Å². The third-order valence-electron chi connectivity index (χ3n) is 4.80. The second-order valence-corrected chi connectivity index (χ2v) is 7.62. The van der Waals surface area contributed by atoms with Crippen molar-refractivity contribution in [3.63, 3.8) is 0 Å². The van der Waals surface area contributed by atoms with Crippen molar-refractivity contribution >= 4 is 17.3 Å². The average Bonchev–Trinajstić information content (AvgIpc) is 3.21. The minimum absolute atomic E-state index is 0.0104. The maximum Gasteiger partial charge on any atom is 0.277 e. The van der Waals surface area contributed by atoms with Crippen LogP contribution in [0.2, 0.25) is 0 Å². The number of hydrogen-bond acceptors (Lipinski definition) is 4. The number of para-hydroxylation sites is 2. The summed E-state index contributed by atoms with van der Waals surface area (Å²) in [4.78, 5) is 21.7. The number of carbonyl (C=O) groups excluding carboxylic acids is 1. The van der Waals surface area contributed by atoms with E-state index in [1.807, 2.05) is 41.4 Å². The smallest absolute Gasteiger partial charge is 0.277 e. The van der Waals surface area contributed by atoms with Gasteiger partial charge in [0, 0.05) is 37.2 Å². The molecule has 6 nitrogen and oxygen atoms in total. The predicted octanol–water partition coefficient (Wildman–Crippen LogP) is 3.53. The van der Waals surface area contributed by atoms with Gasteiger partial charge in [0.2, 0.25) is 0 Å². The second kappa shape index (κ2) is 6.54.